The molecule has 0 aliphatic carbocycles. The molecule has 0 aliphatic rings. The Kier molecular flexibility index (Phi) is 3.75. The Bertz CT molecular complexity index is 513. The van der Waals surface area contributed by atoms with Crippen LogP contribution in [-0.2, 0) is 11.3 Å². The van der Waals surface area contributed by atoms with Crippen molar-refractivity contribution in [1.82, 2.24) is 10.2 Å². The molecule has 90 valence electrons. The van der Waals surface area contributed by atoms with Gasteiger partial charge in [0.15, 0.2) is 0 Å². The van der Waals surface area contributed by atoms with Gasteiger partial charge in [0.05, 0.1) is 11.6 Å². The highest BCUT2D eigenvalue weighted by molar-refractivity contribution is 9.10. The molecule has 0 saturated carbocycles. The smallest absolute Gasteiger partial charge is 0.248 e. The van der Waals surface area contributed by atoms with Gasteiger partial charge >= 0.3 is 0 Å². The lowest BCUT2D eigenvalue weighted by Gasteiger charge is -2.03. The number of halogens is 1. The fourth-order valence-electron chi connectivity index (χ4n) is 1.34. The average Bonchev–Trinajstić information content (AvgIpc) is 2.79. The Hall–Kier alpha value is -1.40. The molecule has 17 heavy (non-hydrogen) atoms. The zero-order chi connectivity index (χ0) is 12.3. The zero-order valence-electron chi connectivity index (χ0n) is 9.44. The van der Waals surface area contributed by atoms with Crippen LogP contribution in [0.3, 0.4) is 0 Å². The molecule has 6 heteroatoms. The maximum absolute atomic E-state index is 5.43. The summed E-state index contributed by atoms with van der Waals surface area (Å²) in [7, 11) is 3.18. The summed E-state index contributed by atoms with van der Waals surface area (Å²) < 4.78 is 16.4. The van der Waals surface area contributed by atoms with Crippen LogP contribution in [0.25, 0.3) is 11.5 Å². The van der Waals surface area contributed by atoms with Crippen LogP contribution in [0.5, 0.6) is 5.75 Å². The molecule has 0 bridgehead atoms. The lowest BCUT2D eigenvalue weighted by atomic mass is 10.2. The summed E-state index contributed by atoms with van der Waals surface area (Å²) in [5.74, 6) is 1.61. The summed E-state index contributed by atoms with van der Waals surface area (Å²) in [5, 5.41) is 7.81. The second-order valence-electron chi connectivity index (χ2n) is 3.28. The number of nitrogens with zero attached hydrogens (tertiary/aromatic N) is 2. The van der Waals surface area contributed by atoms with E-state index in [2.05, 4.69) is 26.1 Å². The van der Waals surface area contributed by atoms with Gasteiger partial charge in [-0.25, -0.2) is 0 Å². The van der Waals surface area contributed by atoms with E-state index in [1.165, 1.54) is 0 Å². The topological polar surface area (TPSA) is 57.4 Å². The van der Waals surface area contributed by atoms with Crippen LogP contribution in [0, 0.1) is 0 Å². The molecule has 0 fully saturated rings. The van der Waals surface area contributed by atoms with Gasteiger partial charge in [-0.15, -0.1) is 10.2 Å². The number of aromatic nitrogens is 2. The first-order valence-electron chi connectivity index (χ1n) is 4.90. The van der Waals surface area contributed by atoms with E-state index in [4.69, 9.17) is 13.9 Å². The molecule has 0 aliphatic heterocycles. The molecule has 1 aromatic carbocycles. The van der Waals surface area contributed by atoms with E-state index in [0.717, 1.165) is 10.0 Å². The Labute approximate surface area is 107 Å². The van der Waals surface area contributed by atoms with Gasteiger partial charge in [-0.1, -0.05) is 0 Å². The Balaban J connectivity index is 2.32. The Morgan fingerprint density at radius 2 is 2.12 bits per heavy atom. The first-order chi connectivity index (χ1) is 8.24. The van der Waals surface area contributed by atoms with Crippen LogP contribution in [0.4, 0.5) is 0 Å². The summed E-state index contributed by atoms with van der Waals surface area (Å²) in [6.07, 6.45) is 0. The first kappa shape index (κ1) is 12.1. The van der Waals surface area contributed by atoms with Crippen molar-refractivity contribution < 1.29 is 13.9 Å². The molecule has 0 unspecified atom stereocenters. The van der Waals surface area contributed by atoms with Gasteiger partial charge in [0.25, 0.3) is 0 Å². The van der Waals surface area contributed by atoms with Crippen molar-refractivity contribution in [3.63, 3.8) is 0 Å². The summed E-state index contributed by atoms with van der Waals surface area (Å²) in [5.41, 5.74) is 0.805. The SMILES string of the molecule is COCc1nnc(-c2ccc(Br)c(OC)c2)o1. The van der Waals surface area contributed by atoms with Crippen molar-refractivity contribution in [3.8, 4) is 17.2 Å². The molecule has 2 aromatic rings. The molecule has 0 amide bonds. The molecular formula is C11H11BrN2O3. The lowest BCUT2D eigenvalue weighted by molar-refractivity contribution is 0.160. The van der Waals surface area contributed by atoms with Crippen molar-refractivity contribution in [2.45, 2.75) is 6.61 Å². The van der Waals surface area contributed by atoms with Crippen molar-refractivity contribution in [1.29, 1.82) is 0 Å². The van der Waals surface area contributed by atoms with Gasteiger partial charge in [0, 0.05) is 12.7 Å². The second-order valence-corrected chi connectivity index (χ2v) is 4.14. The fourth-order valence-corrected chi connectivity index (χ4v) is 1.75. The number of methoxy groups -OCH3 is 2. The molecular weight excluding hydrogens is 288 g/mol. The minimum atomic E-state index is 0.306. The maximum Gasteiger partial charge on any atom is 0.248 e. The molecule has 5 nitrogen and oxygen atoms in total. The average molecular weight is 299 g/mol. The molecule has 0 saturated heterocycles. The van der Waals surface area contributed by atoms with E-state index >= 15 is 0 Å². The second kappa shape index (κ2) is 5.29. The summed E-state index contributed by atoms with van der Waals surface area (Å²) in [4.78, 5) is 0. The predicted molar refractivity (Wildman–Crippen MR) is 64.7 cm³/mol. The van der Waals surface area contributed by atoms with Crippen LogP contribution in [0.1, 0.15) is 5.89 Å². The van der Waals surface area contributed by atoms with Crippen molar-refractivity contribution >= 4 is 15.9 Å². The van der Waals surface area contributed by atoms with Gasteiger partial charge in [0.1, 0.15) is 12.4 Å². The first-order valence-corrected chi connectivity index (χ1v) is 5.69. The van der Waals surface area contributed by atoms with Gasteiger partial charge in [-0.05, 0) is 34.1 Å². The van der Waals surface area contributed by atoms with Crippen LogP contribution in [0.15, 0.2) is 27.1 Å². The van der Waals surface area contributed by atoms with Crippen LogP contribution < -0.4 is 4.74 Å². The normalized spacial score (nSPS) is 10.5. The minimum absolute atomic E-state index is 0.306. The van der Waals surface area contributed by atoms with Crippen LogP contribution >= 0.6 is 15.9 Å². The van der Waals surface area contributed by atoms with Crippen molar-refractivity contribution in [2.75, 3.05) is 14.2 Å². The minimum Gasteiger partial charge on any atom is -0.496 e. The standard InChI is InChI=1S/C11H11BrN2O3/c1-15-6-10-13-14-11(17-10)7-3-4-8(12)9(5-7)16-2/h3-5H,6H2,1-2H3. The number of hydrogen-bond donors (Lipinski definition) is 0. The Morgan fingerprint density at radius 3 is 2.82 bits per heavy atom. The Morgan fingerprint density at radius 1 is 1.29 bits per heavy atom. The summed E-state index contributed by atoms with van der Waals surface area (Å²) in [6, 6.07) is 5.57. The summed E-state index contributed by atoms with van der Waals surface area (Å²) >= 11 is 3.38. The van der Waals surface area contributed by atoms with Gasteiger partial charge in [-0.3, -0.25) is 0 Å². The maximum atomic E-state index is 5.43. The molecule has 0 spiro atoms. The molecule has 0 N–H and O–H groups in total. The van der Waals surface area contributed by atoms with Gasteiger partial charge < -0.3 is 13.9 Å². The summed E-state index contributed by atoms with van der Waals surface area (Å²) in [6.45, 7) is 0.306. The lowest BCUT2D eigenvalue weighted by Crippen LogP contribution is -1.86. The highest BCUT2D eigenvalue weighted by Crippen LogP contribution is 2.30. The zero-order valence-corrected chi connectivity index (χ0v) is 11.0. The third kappa shape index (κ3) is 2.65. The molecule has 0 atom stereocenters. The van der Waals surface area contributed by atoms with Crippen molar-refractivity contribution in [2.24, 2.45) is 0 Å². The molecule has 0 radical (unpaired) electrons. The number of benzene rings is 1. The number of ether oxygens (including phenoxy) is 2. The van der Waals surface area contributed by atoms with Gasteiger partial charge in [0.2, 0.25) is 11.8 Å². The van der Waals surface area contributed by atoms with Crippen LogP contribution in [0.2, 0.25) is 0 Å². The predicted octanol–water partition coefficient (Wildman–Crippen LogP) is 2.65. The van der Waals surface area contributed by atoms with Crippen LogP contribution in [-0.4, -0.2) is 24.4 Å². The third-order valence-electron chi connectivity index (χ3n) is 2.13. The molecule has 1 aromatic heterocycles. The molecule has 1 heterocycles. The highest BCUT2D eigenvalue weighted by atomic mass is 79.9. The molecule has 2 rings (SSSR count). The monoisotopic (exact) mass is 298 g/mol. The highest BCUT2D eigenvalue weighted by Gasteiger charge is 2.10. The van der Waals surface area contributed by atoms with E-state index < -0.39 is 0 Å². The van der Waals surface area contributed by atoms with E-state index in [9.17, 15) is 0 Å². The van der Waals surface area contributed by atoms with Crippen molar-refractivity contribution in [3.05, 3.63) is 28.6 Å². The third-order valence-corrected chi connectivity index (χ3v) is 2.79. The van der Waals surface area contributed by atoms with E-state index in [0.29, 0.717) is 24.1 Å². The number of rotatable bonds is 4. The number of hydrogen-bond acceptors (Lipinski definition) is 5. The van der Waals surface area contributed by atoms with E-state index in [1.54, 1.807) is 14.2 Å². The van der Waals surface area contributed by atoms with E-state index in [1.807, 2.05) is 18.2 Å². The quantitative estimate of drug-likeness (QED) is 0.868. The fraction of sp³-hybridized carbons (Fsp3) is 0.273. The van der Waals surface area contributed by atoms with Gasteiger partial charge in [-0.2, -0.15) is 0 Å². The largest absolute Gasteiger partial charge is 0.496 e. The van der Waals surface area contributed by atoms with E-state index in [-0.39, 0.29) is 0 Å².